The molecule has 23 heavy (non-hydrogen) atoms. The summed E-state index contributed by atoms with van der Waals surface area (Å²) in [6.07, 6.45) is 3.49. The molecule has 1 aromatic carbocycles. The van der Waals surface area contributed by atoms with Gasteiger partial charge in [-0.25, -0.2) is 4.68 Å². The van der Waals surface area contributed by atoms with Crippen molar-refractivity contribution >= 4 is 33.1 Å². The minimum absolute atomic E-state index is 1.01. The molecule has 3 aromatic rings. The van der Waals surface area contributed by atoms with Crippen molar-refractivity contribution in [2.45, 2.75) is 26.2 Å². The summed E-state index contributed by atoms with van der Waals surface area (Å²) in [5.74, 6) is 1.15. The van der Waals surface area contributed by atoms with Gasteiger partial charge in [-0.3, -0.25) is 0 Å². The van der Waals surface area contributed by atoms with Crippen LogP contribution in [0.5, 0.6) is 0 Å². The van der Waals surface area contributed by atoms with E-state index in [4.69, 9.17) is 5.10 Å². The second-order valence-corrected chi connectivity index (χ2v) is 7.98. The van der Waals surface area contributed by atoms with Gasteiger partial charge in [0, 0.05) is 21.5 Å². The second kappa shape index (κ2) is 6.13. The molecule has 118 valence electrons. The molecule has 3 heterocycles. The van der Waals surface area contributed by atoms with Gasteiger partial charge in [0.2, 0.25) is 0 Å². The number of nitrogens with one attached hydrogen (secondary N) is 1. The summed E-state index contributed by atoms with van der Waals surface area (Å²) >= 11 is 5.48. The molecule has 0 unspecified atom stereocenters. The van der Waals surface area contributed by atoms with Crippen LogP contribution in [0.15, 0.2) is 40.9 Å². The number of hydrogen-bond donors (Lipinski definition) is 1. The molecule has 1 aliphatic heterocycles. The number of aryl methyl sites for hydroxylation is 1. The Labute approximate surface area is 148 Å². The number of hydrogen-bond acceptors (Lipinski definition) is 3. The maximum Gasteiger partial charge on any atom is 0.133 e. The Kier molecular flexibility index (Phi) is 3.99. The average molecular weight is 388 g/mol. The van der Waals surface area contributed by atoms with Gasteiger partial charge < -0.3 is 5.32 Å². The molecule has 0 spiro atoms. The Bertz CT molecular complexity index is 850. The molecule has 4 rings (SSSR count). The molecular formula is C18H18BrN3S. The largest absolute Gasteiger partial charge is 0.370 e. The summed E-state index contributed by atoms with van der Waals surface area (Å²) < 4.78 is 3.13. The third kappa shape index (κ3) is 2.72. The minimum Gasteiger partial charge on any atom is -0.370 e. The van der Waals surface area contributed by atoms with E-state index >= 15 is 0 Å². The van der Waals surface area contributed by atoms with Crippen molar-refractivity contribution in [2.75, 3.05) is 11.9 Å². The first-order valence-corrected chi connectivity index (χ1v) is 9.52. The van der Waals surface area contributed by atoms with Gasteiger partial charge in [-0.15, -0.1) is 11.3 Å². The Morgan fingerprint density at radius 2 is 2.04 bits per heavy atom. The van der Waals surface area contributed by atoms with Gasteiger partial charge in [-0.05, 0) is 66.4 Å². The van der Waals surface area contributed by atoms with Crippen LogP contribution in [0.2, 0.25) is 0 Å². The summed E-state index contributed by atoms with van der Waals surface area (Å²) in [6, 6.07) is 12.6. The van der Waals surface area contributed by atoms with Crippen LogP contribution in [-0.2, 0) is 6.42 Å². The van der Waals surface area contributed by atoms with Crippen LogP contribution in [0.25, 0.3) is 16.3 Å². The van der Waals surface area contributed by atoms with Gasteiger partial charge in [0.05, 0.1) is 10.6 Å². The van der Waals surface area contributed by atoms with E-state index in [2.05, 4.69) is 63.2 Å². The molecule has 0 amide bonds. The molecule has 0 saturated heterocycles. The van der Waals surface area contributed by atoms with Crippen LogP contribution in [0.4, 0.5) is 5.82 Å². The fourth-order valence-corrected chi connectivity index (χ4v) is 4.39. The number of benzene rings is 1. The quantitative estimate of drug-likeness (QED) is 0.635. The lowest BCUT2D eigenvalue weighted by Gasteiger charge is -2.10. The van der Waals surface area contributed by atoms with E-state index in [0.717, 1.165) is 34.6 Å². The Hall–Kier alpha value is -1.59. The fourth-order valence-electron chi connectivity index (χ4n) is 3.06. The van der Waals surface area contributed by atoms with Gasteiger partial charge >= 0.3 is 0 Å². The van der Waals surface area contributed by atoms with E-state index in [1.807, 2.05) is 17.4 Å². The number of rotatable bonds is 2. The highest BCUT2D eigenvalue weighted by Gasteiger charge is 2.23. The molecule has 0 radical (unpaired) electrons. The molecule has 0 bridgehead atoms. The first kappa shape index (κ1) is 15.0. The molecule has 3 nitrogen and oxygen atoms in total. The van der Waals surface area contributed by atoms with E-state index in [-0.39, 0.29) is 0 Å². The van der Waals surface area contributed by atoms with Gasteiger partial charge in [-0.2, -0.15) is 5.10 Å². The maximum atomic E-state index is 4.98. The van der Waals surface area contributed by atoms with Crippen LogP contribution in [0.3, 0.4) is 0 Å². The van der Waals surface area contributed by atoms with E-state index < -0.39 is 0 Å². The average Bonchev–Trinajstić information content (AvgIpc) is 3.03. The molecule has 0 fully saturated rings. The van der Waals surface area contributed by atoms with Crippen LogP contribution < -0.4 is 5.32 Å². The third-order valence-corrected chi connectivity index (χ3v) is 5.86. The van der Waals surface area contributed by atoms with Crippen molar-refractivity contribution in [3.63, 3.8) is 0 Å². The van der Waals surface area contributed by atoms with E-state index in [1.165, 1.54) is 28.2 Å². The predicted molar refractivity (Wildman–Crippen MR) is 101 cm³/mol. The van der Waals surface area contributed by atoms with Crippen molar-refractivity contribution in [1.82, 2.24) is 9.78 Å². The van der Waals surface area contributed by atoms with Crippen molar-refractivity contribution in [3.8, 4) is 16.3 Å². The topological polar surface area (TPSA) is 29.9 Å². The lowest BCUT2D eigenvalue weighted by atomic mass is 10.1. The SMILES string of the molecule is Cc1ccc(-c2nn(-c3ccccc3Br)c3c2CCCCN3)s1. The molecule has 1 aliphatic rings. The number of nitrogens with zero attached hydrogens (tertiary/aromatic N) is 2. The molecular weight excluding hydrogens is 370 g/mol. The highest BCUT2D eigenvalue weighted by atomic mass is 79.9. The van der Waals surface area contributed by atoms with Crippen LogP contribution >= 0.6 is 27.3 Å². The van der Waals surface area contributed by atoms with E-state index in [0.29, 0.717) is 0 Å². The van der Waals surface area contributed by atoms with Gasteiger partial charge in [-0.1, -0.05) is 12.1 Å². The number of para-hydroxylation sites is 1. The minimum atomic E-state index is 1.01. The lowest BCUT2D eigenvalue weighted by molar-refractivity contribution is 0.780. The normalized spacial score (nSPS) is 14.2. The molecule has 5 heteroatoms. The summed E-state index contributed by atoms with van der Waals surface area (Å²) in [6.45, 7) is 3.15. The van der Waals surface area contributed by atoms with Crippen LogP contribution in [0.1, 0.15) is 23.3 Å². The van der Waals surface area contributed by atoms with Crippen molar-refractivity contribution < 1.29 is 0 Å². The van der Waals surface area contributed by atoms with E-state index in [1.54, 1.807) is 0 Å². The Balaban J connectivity index is 1.93. The smallest absolute Gasteiger partial charge is 0.133 e. The monoisotopic (exact) mass is 387 g/mol. The second-order valence-electron chi connectivity index (χ2n) is 5.83. The lowest BCUT2D eigenvalue weighted by Crippen LogP contribution is -2.07. The zero-order chi connectivity index (χ0) is 15.8. The van der Waals surface area contributed by atoms with Crippen molar-refractivity contribution in [1.29, 1.82) is 0 Å². The maximum absolute atomic E-state index is 4.98. The molecule has 2 aromatic heterocycles. The summed E-state index contributed by atoms with van der Waals surface area (Å²) in [5.41, 5.74) is 3.56. The fraction of sp³-hybridized carbons (Fsp3) is 0.278. The molecule has 0 atom stereocenters. The van der Waals surface area contributed by atoms with Crippen LogP contribution in [0, 0.1) is 6.92 Å². The molecule has 1 N–H and O–H groups in total. The summed E-state index contributed by atoms with van der Waals surface area (Å²) in [4.78, 5) is 2.58. The summed E-state index contributed by atoms with van der Waals surface area (Å²) in [7, 11) is 0. The predicted octanol–water partition coefficient (Wildman–Crippen LogP) is 5.42. The zero-order valence-corrected chi connectivity index (χ0v) is 15.4. The number of anilines is 1. The number of thiophene rings is 1. The van der Waals surface area contributed by atoms with Crippen molar-refractivity contribution in [3.05, 3.63) is 51.3 Å². The zero-order valence-electron chi connectivity index (χ0n) is 13.0. The van der Waals surface area contributed by atoms with Crippen molar-refractivity contribution in [2.24, 2.45) is 0 Å². The van der Waals surface area contributed by atoms with Gasteiger partial charge in [0.15, 0.2) is 0 Å². The standard InChI is InChI=1S/C18H18BrN3S/c1-12-9-10-16(23-12)17-13-6-4-5-11-20-18(13)22(21-17)15-8-3-2-7-14(15)19/h2-3,7-10,20H,4-6,11H2,1H3. The highest BCUT2D eigenvalue weighted by molar-refractivity contribution is 9.10. The number of aromatic nitrogens is 2. The first-order chi connectivity index (χ1) is 11.2. The summed E-state index contributed by atoms with van der Waals surface area (Å²) in [5, 5.41) is 8.58. The first-order valence-electron chi connectivity index (χ1n) is 7.91. The van der Waals surface area contributed by atoms with E-state index in [9.17, 15) is 0 Å². The Morgan fingerprint density at radius 1 is 1.17 bits per heavy atom. The highest BCUT2D eigenvalue weighted by Crippen LogP contribution is 2.37. The molecule has 0 aliphatic carbocycles. The van der Waals surface area contributed by atoms with Gasteiger partial charge in [0.1, 0.15) is 11.5 Å². The Morgan fingerprint density at radius 3 is 2.83 bits per heavy atom. The van der Waals surface area contributed by atoms with Gasteiger partial charge in [0.25, 0.3) is 0 Å². The number of fused-ring (bicyclic) bond motifs is 1. The van der Waals surface area contributed by atoms with Crippen LogP contribution in [-0.4, -0.2) is 16.3 Å². The third-order valence-electron chi connectivity index (χ3n) is 4.18. The number of halogens is 1. The molecule has 0 saturated carbocycles.